The first-order valence-corrected chi connectivity index (χ1v) is 7.70. The summed E-state index contributed by atoms with van der Waals surface area (Å²) in [6.07, 6.45) is 0.756. The van der Waals surface area contributed by atoms with Crippen molar-refractivity contribution >= 4 is 10.0 Å². The molecule has 6 heteroatoms. The average Bonchev–Trinajstić information content (AvgIpc) is 2.35. The summed E-state index contributed by atoms with van der Waals surface area (Å²) in [5.41, 5.74) is 0.936. The Labute approximate surface area is 114 Å². The van der Waals surface area contributed by atoms with Crippen LogP contribution in [0.3, 0.4) is 0 Å². The highest BCUT2D eigenvalue weighted by atomic mass is 32.2. The van der Waals surface area contributed by atoms with Crippen molar-refractivity contribution in [2.24, 2.45) is 0 Å². The summed E-state index contributed by atoms with van der Waals surface area (Å²) in [4.78, 5) is 2.00. The molecule has 0 bridgehead atoms. The first kappa shape index (κ1) is 15.6. The molecule has 0 radical (unpaired) electrons. The van der Waals surface area contributed by atoms with Crippen LogP contribution in [0.4, 0.5) is 0 Å². The number of nitrogens with zero attached hydrogens (tertiary/aromatic N) is 2. The largest absolute Gasteiger partial charge is 0.309 e. The van der Waals surface area contributed by atoms with E-state index in [2.05, 4.69) is 4.72 Å². The predicted octanol–water partition coefficient (Wildman–Crippen LogP) is 0.929. The molecule has 104 valence electrons. The molecule has 0 heterocycles. The van der Waals surface area contributed by atoms with Gasteiger partial charge in [0.05, 0.1) is 17.4 Å². The highest BCUT2D eigenvalue weighted by Crippen LogP contribution is 2.10. The van der Waals surface area contributed by atoms with Crippen LogP contribution in [0.15, 0.2) is 24.3 Å². The molecule has 0 aliphatic carbocycles. The van der Waals surface area contributed by atoms with Crippen molar-refractivity contribution in [1.82, 2.24) is 9.62 Å². The van der Waals surface area contributed by atoms with Crippen molar-refractivity contribution in [2.45, 2.75) is 12.2 Å². The van der Waals surface area contributed by atoms with Crippen molar-refractivity contribution in [3.8, 4) is 6.07 Å². The van der Waals surface area contributed by atoms with Crippen molar-refractivity contribution < 1.29 is 8.42 Å². The third kappa shape index (κ3) is 5.83. The van der Waals surface area contributed by atoms with Gasteiger partial charge in [-0.1, -0.05) is 18.2 Å². The number of nitriles is 1. The van der Waals surface area contributed by atoms with Gasteiger partial charge in [0.15, 0.2) is 0 Å². The van der Waals surface area contributed by atoms with Gasteiger partial charge in [0.2, 0.25) is 10.0 Å². The molecule has 0 aromatic heterocycles. The van der Waals surface area contributed by atoms with Gasteiger partial charge in [0.1, 0.15) is 0 Å². The average molecular weight is 281 g/mol. The minimum atomic E-state index is -3.38. The topological polar surface area (TPSA) is 73.2 Å². The van der Waals surface area contributed by atoms with Crippen LogP contribution in [0, 0.1) is 11.3 Å². The van der Waals surface area contributed by atoms with Gasteiger partial charge in [-0.25, -0.2) is 13.1 Å². The lowest BCUT2D eigenvalue weighted by Crippen LogP contribution is -2.28. The first-order valence-electron chi connectivity index (χ1n) is 6.04. The van der Waals surface area contributed by atoms with E-state index in [9.17, 15) is 8.42 Å². The fraction of sp³-hybridized carbons (Fsp3) is 0.462. The monoisotopic (exact) mass is 281 g/mol. The lowest BCUT2D eigenvalue weighted by Gasteiger charge is -2.10. The Morgan fingerprint density at radius 1 is 1.32 bits per heavy atom. The molecule has 5 nitrogen and oxygen atoms in total. The molecule has 0 aliphatic rings. The number of benzene rings is 1. The summed E-state index contributed by atoms with van der Waals surface area (Å²) in [6, 6.07) is 8.74. The number of nitrogens with one attached hydrogen (secondary N) is 1. The molecule has 0 amide bonds. The van der Waals surface area contributed by atoms with E-state index in [0.29, 0.717) is 17.7 Å². The molecule has 0 spiro atoms. The number of hydrogen-bond acceptors (Lipinski definition) is 4. The molecule has 0 atom stereocenters. The van der Waals surface area contributed by atoms with Gasteiger partial charge in [-0.3, -0.25) is 0 Å². The van der Waals surface area contributed by atoms with Crippen LogP contribution in [-0.2, 0) is 15.8 Å². The fourth-order valence-corrected chi connectivity index (χ4v) is 2.85. The van der Waals surface area contributed by atoms with Crippen LogP contribution in [0.1, 0.15) is 17.5 Å². The molecule has 0 fully saturated rings. The quantitative estimate of drug-likeness (QED) is 0.755. The van der Waals surface area contributed by atoms with E-state index in [-0.39, 0.29) is 5.75 Å². The van der Waals surface area contributed by atoms with E-state index in [1.165, 1.54) is 0 Å². The molecular formula is C13H19N3O2S. The van der Waals surface area contributed by atoms with Gasteiger partial charge < -0.3 is 4.90 Å². The van der Waals surface area contributed by atoms with Gasteiger partial charge in [-0.2, -0.15) is 5.26 Å². The van der Waals surface area contributed by atoms with Crippen molar-refractivity contribution in [1.29, 1.82) is 5.26 Å². The van der Waals surface area contributed by atoms with Crippen LogP contribution in [0.5, 0.6) is 0 Å². The second kappa shape index (κ2) is 7.24. The molecule has 0 saturated heterocycles. The molecule has 0 aliphatic heterocycles. The van der Waals surface area contributed by atoms with E-state index in [1.807, 2.05) is 25.1 Å². The van der Waals surface area contributed by atoms with Crippen LogP contribution in [0.25, 0.3) is 0 Å². The normalized spacial score (nSPS) is 11.5. The van der Waals surface area contributed by atoms with Crippen molar-refractivity contribution in [3.05, 3.63) is 35.4 Å². The van der Waals surface area contributed by atoms with E-state index in [0.717, 1.165) is 13.0 Å². The Hall–Kier alpha value is -1.42. The summed E-state index contributed by atoms with van der Waals surface area (Å²) in [5.74, 6) is -0.154. The number of sulfonamides is 1. The Bertz CT molecular complexity index is 547. The van der Waals surface area contributed by atoms with Gasteiger partial charge in [0.25, 0.3) is 0 Å². The summed E-state index contributed by atoms with van der Waals surface area (Å²) < 4.78 is 26.3. The molecule has 1 N–H and O–H groups in total. The van der Waals surface area contributed by atoms with Crippen LogP contribution >= 0.6 is 0 Å². The van der Waals surface area contributed by atoms with E-state index in [4.69, 9.17) is 5.26 Å². The lowest BCUT2D eigenvalue weighted by molar-refractivity contribution is 0.400. The van der Waals surface area contributed by atoms with Crippen molar-refractivity contribution in [3.63, 3.8) is 0 Å². The maximum absolute atomic E-state index is 11.9. The number of hydrogen-bond donors (Lipinski definition) is 1. The molecule has 0 unspecified atom stereocenters. The first-order chi connectivity index (χ1) is 8.94. The van der Waals surface area contributed by atoms with Crippen LogP contribution in [0.2, 0.25) is 0 Å². The second-order valence-electron chi connectivity index (χ2n) is 4.58. The molecule has 1 rings (SSSR count). The number of rotatable bonds is 7. The zero-order valence-corrected chi connectivity index (χ0v) is 12.1. The summed E-state index contributed by atoms with van der Waals surface area (Å²) in [5, 5.41) is 8.92. The van der Waals surface area contributed by atoms with Gasteiger partial charge in [-0.05, 0) is 38.7 Å². The minimum Gasteiger partial charge on any atom is -0.309 e. The minimum absolute atomic E-state index is 0.154. The van der Waals surface area contributed by atoms with Crippen LogP contribution in [-0.4, -0.2) is 40.5 Å². The van der Waals surface area contributed by atoms with E-state index >= 15 is 0 Å². The Balaban J connectivity index is 2.57. The van der Waals surface area contributed by atoms with Gasteiger partial charge in [0, 0.05) is 6.54 Å². The molecule has 1 aromatic carbocycles. The molecule has 19 heavy (non-hydrogen) atoms. The maximum Gasteiger partial charge on any atom is 0.215 e. The maximum atomic E-state index is 11.9. The molecule has 0 saturated carbocycles. The lowest BCUT2D eigenvalue weighted by atomic mass is 10.1. The molecule has 1 aromatic rings. The Morgan fingerprint density at radius 3 is 2.63 bits per heavy atom. The molecular weight excluding hydrogens is 262 g/mol. The smallest absolute Gasteiger partial charge is 0.215 e. The third-order valence-electron chi connectivity index (χ3n) is 2.59. The third-order valence-corrected chi connectivity index (χ3v) is 3.92. The van der Waals surface area contributed by atoms with E-state index in [1.54, 1.807) is 24.3 Å². The van der Waals surface area contributed by atoms with Gasteiger partial charge in [-0.15, -0.1) is 0 Å². The zero-order valence-electron chi connectivity index (χ0n) is 11.3. The van der Waals surface area contributed by atoms with Crippen LogP contribution < -0.4 is 4.72 Å². The highest BCUT2D eigenvalue weighted by molar-refractivity contribution is 7.88. The van der Waals surface area contributed by atoms with Crippen molar-refractivity contribution in [2.75, 3.05) is 27.2 Å². The highest BCUT2D eigenvalue weighted by Gasteiger charge is 2.13. The van der Waals surface area contributed by atoms with E-state index < -0.39 is 10.0 Å². The summed E-state index contributed by atoms with van der Waals surface area (Å²) >= 11 is 0. The SMILES string of the molecule is CN(C)CCCNS(=O)(=O)Cc1ccccc1C#N. The zero-order chi connectivity index (χ0) is 14.3. The second-order valence-corrected chi connectivity index (χ2v) is 6.39. The fourth-order valence-electron chi connectivity index (χ4n) is 1.63. The summed E-state index contributed by atoms with van der Waals surface area (Å²) in [6.45, 7) is 1.24. The standard InChI is InChI=1S/C13H19N3O2S/c1-16(2)9-5-8-15-19(17,18)11-13-7-4-3-6-12(13)10-14/h3-4,6-7,15H,5,8-9,11H2,1-2H3. The van der Waals surface area contributed by atoms with Gasteiger partial charge >= 0.3 is 0 Å². The Kier molecular flexibility index (Phi) is 5.96. The predicted molar refractivity (Wildman–Crippen MR) is 75.0 cm³/mol. The Morgan fingerprint density at radius 2 is 2.00 bits per heavy atom. The summed E-state index contributed by atoms with van der Waals surface area (Å²) in [7, 11) is 0.499.